The van der Waals surface area contributed by atoms with Gasteiger partial charge in [0.05, 0.1) is 12.7 Å². The second kappa shape index (κ2) is 6.48. The third-order valence-corrected chi connectivity index (χ3v) is 5.08. The molecule has 1 aromatic carbocycles. The molecule has 0 bridgehead atoms. The lowest BCUT2D eigenvalue weighted by molar-refractivity contribution is 0.0835. The normalized spacial score (nSPS) is 15.8. The van der Waals surface area contributed by atoms with Crippen molar-refractivity contribution in [1.29, 1.82) is 0 Å². The summed E-state index contributed by atoms with van der Waals surface area (Å²) in [6, 6.07) is 8.32. The van der Waals surface area contributed by atoms with E-state index >= 15 is 0 Å². The van der Waals surface area contributed by atoms with Gasteiger partial charge in [-0.2, -0.15) is 0 Å². The Morgan fingerprint density at radius 3 is 2.60 bits per heavy atom. The van der Waals surface area contributed by atoms with E-state index in [1.54, 1.807) is 6.20 Å². The van der Waals surface area contributed by atoms with Crippen molar-refractivity contribution < 1.29 is 4.74 Å². The second-order valence-corrected chi connectivity index (χ2v) is 6.91. The molecule has 5 heteroatoms. The molecular formula is C20H23N3O2. The van der Waals surface area contributed by atoms with E-state index in [4.69, 9.17) is 4.74 Å². The van der Waals surface area contributed by atoms with Gasteiger partial charge in [-0.15, -0.1) is 0 Å². The predicted molar refractivity (Wildman–Crippen MR) is 97.3 cm³/mol. The van der Waals surface area contributed by atoms with Gasteiger partial charge in [-0.25, -0.2) is 4.98 Å². The maximum Gasteiger partial charge on any atom is 0.276 e. The topological polar surface area (TPSA) is 48.5 Å². The first-order valence-corrected chi connectivity index (χ1v) is 8.84. The van der Waals surface area contributed by atoms with E-state index in [0.717, 1.165) is 43.1 Å². The molecule has 1 fully saturated rings. The van der Waals surface area contributed by atoms with Crippen LogP contribution >= 0.6 is 0 Å². The maximum absolute atomic E-state index is 13.0. The van der Waals surface area contributed by atoms with Crippen LogP contribution in [0.5, 0.6) is 0 Å². The van der Waals surface area contributed by atoms with Gasteiger partial charge in [0.1, 0.15) is 11.3 Å². The smallest absolute Gasteiger partial charge is 0.276 e. The van der Waals surface area contributed by atoms with Crippen LogP contribution in [-0.2, 0) is 11.3 Å². The fourth-order valence-electron chi connectivity index (χ4n) is 3.55. The Balaban J connectivity index is 1.74. The van der Waals surface area contributed by atoms with Gasteiger partial charge >= 0.3 is 0 Å². The molecule has 1 saturated heterocycles. The first-order valence-electron chi connectivity index (χ1n) is 8.84. The molecule has 0 unspecified atom stereocenters. The highest BCUT2D eigenvalue weighted by Gasteiger charge is 2.21. The molecule has 25 heavy (non-hydrogen) atoms. The molecule has 0 atom stereocenters. The Kier molecular flexibility index (Phi) is 4.17. The van der Waals surface area contributed by atoms with Gasteiger partial charge in [-0.05, 0) is 32.3 Å². The molecule has 0 N–H and O–H groups in total. The summed E-state index contributed by atoms with van der Waals surface area (Å²) in [6.07, 6.45) is 5.69. The first kappa shape index (κ1) is 16.1. The number of benzene rings is 1. The maximum atomic E-state index is 13.0. The van der Waals surface area contributed by atoms with E-state index in [1.807, 2.05) is 22.1 Å². The molecule has 130 valence electrons. The number of aromatic nitrogens is 3. The minimum atomic E-state index is 0.0198. The summed E-state index contributed by atoms with van der Waals surface area (Å²) in [4.78, 5) is 17.6. The molecule has 3 heterocycles. The third kappa shape index (κ3) is 3.00. The molecule has 1 aliphatic heterocycles. The molecular weight excluding hydrogens is 314 g/mol. The summed E-state index contributed by atoms with van der Waals surface area (Å²) in [5.41, 5.74) is 3.97. The Morgan fingerprint density at radius 1 is 1.16 bits per heavy atom. The van der Waals surface area contributed by atoms with Crippen molar-refractivity contribution in [2.75, 3.05) is 13.2 Å². The Labute approximate surface area is 146 Å². The summed E-state index contributed by atoms with van der Waals surface area (Å²) < 4.78 is 9.26. The van der Waals surface area contributed by atoms with Crippen molar-refractivity contribution >= 4 is 5.52 Å². The van der Waals surface area contributed by atoms with Crippen molar-refractivity contribution in [3.8, 4) is 0 Å². The van der Waals surface area contributed by atoms with Gasteiger partial charge in [0, 0.05) is 31.0 Å². The number of aryl methyl sites for hydroxylation is 2. The summed E-state index contributed by atoms with van der Waals surface area (Å²) in [5.74, 6) is 1.35. The predicted octanol–water partition coefficient (Wildman–Crippen LogP) is 3.06. The van der Waals surface area contributed by atoms with Crippen LogP contribution in [0.4, 0.5) is 0 Å². The zero-order valence-electron chi connectivity index (χ0n) is 14.7. The summed E-state index contributed by atoms with van der Waals surface area (Å²) in [7, 11) is 0. The molecule has 5 nitrogen and oxygen atoms in total. The fraction of sp³-hybridized carbons (Fsp3) is 0.400. The second-order valence-electron chi connectivity index (χ2n) is 6.91. The van der Waals surface area contributed by atoms with Crippen molar-refractivity contribution in [2.45, 2.75) is 39.2 Å². The highest BCUT2D eigenvalue weighted by atomic mass is 16.5. The van der Waals surface area contributed by atoms with Crippen LogP contribution in [0.15, 0.2) is 41.5 Å². The average Bonchev–Trinajstić information content (AvgIpc) is 3.05. The average molecular weight is 337 g/mol. The van der Waals surface area contributed by atoms with E-state index in [2.05, 4.69) is 36.2 Å². The van der Waals surface area contributed by atoms with E-state index in [-0.39, 0.29) is 5.56 Å². The molecule has 0 aliphatic carbocycles. The molecule has 3 aromatic rings. The number of ether oxygens (including phenoxy) is 1. The monoisotopic (exact) mass is 337 g/mol. The van der Waals surface area contributed by atoms with Crippen molar-refractivity contribution in [1.82, 2.24) is 14.0 Å². The minimum Gasteiger partial charge on any atom is -0.381 e. The third-order valence-electron chi connectivity index (χ3n) is 5.08. The quantitative estimate of drug-likeness (QED) is 0.738. The lowest BCUT2D eigenvalue weighted by Gasteiger charge is -2.21. The van der Waals surface area contributed by atoms with Crippen molar-refractivity contribution in [3.05, 3.63) is 69.7 Å². The first-order chi connectivity index (χ1) is 12.1. The van der Waals surface area contributed by atoms with Gasteiger partial charge in [-0.3, -0.25) is 9.20 Å². The van der Waals surface area contributed by atoms with Gasteiger partial charge < -0.3 is 9.30 Å². The van der Waals surface area contributed by atoms with E-state index in [0.29, 0.717) is 18.0 Å². The van der Waals surface area contributed by atoms with Gasteiger partial charge in [-0.1, -0.05) is 29.8 Å². The number of hydrogen-bond acceptors (Lipinski definition) is 3. The van der Waals surface area contributed by atoms with E-state index in [9.17, 15) is 4.79 Å². The Hall–Kier alpha value is -2.40. The van der Waals surface area contributed by atoms with E-state index in [1.165, 1.54) is 5.56 Å². The zero-order chi connectivity index (χ0) is 17.4. The highest BCUT2D eigenvalue weighted by molar-refractivity contribution is 5.45. The number of fused-ring (bicyclic) bond motifs is 1. The number of imidazole rings is 1. The largest absolute Gasteiger partial charge is 0.381 e. The van der Waals surface area contributed by atoms with Crippen LogP contribution in [0.2, 0.25) is 0 Å². The molecule has 0 spiro atoms. The van der Waals surface area contributed by atoms with Gasteiger partial charge in [0.25, 0.3) is 5.56 Å². The van der Waals surface area contributed by atoms with Crippen molar-refractivity contribution in [3.63, 3.8) is 0 Å². The van der Waals surface area contributed by atoms with Crippen LogP contribution in [-0.4, -0.2) is 27.2 Å². The van der Waals surface area contributed by atoms with Crippen LogP contribution in [0.3, 0.4) is 0 Å². The molecule has 1 aliphatic rings. The van der Waals surface area contributed by atoms with Crippen LogP contribution in [0, 0.1) is 13.8 Å². The number of nitrogens with zero attached hydrogens (tertiary/aromatic N) is 3. The lowest BCUT2D eigenvalue weighted by atomic mass is 10.00. The Morgan fingerprint density at radius 2 is 1.88 bits per heavy atom. The minimum absolute atomic E-state index is 0.0198. The molecule has 0 amide bonds. The van der Waals surface area contributed by atoms with Crippen molar-refractivity contribution in [2.24, 2.45) is 0 Å². The summed E-state index contributed by atoms with van der Waals surface area (Å²) in [5, 5.41) is 0. The van der Waals surface area contributed by atoms with E-state index < -0.39 is 0 Å². The Bertz CT molecular complexity index is 947. The number of hydrogen-bond donors (Lipinski definition) is 0. The van der Waals surface area contributed by atoms with Crippen LogP contribution < -0.4 is 5.56 Å². The summed E-state index contributed by atoms with van der Waals surface area (Å²) >= 11 is 0. The molecule has 0 saturated carbocycles. The SMILES string of the molecule is Cc1ccc(Cn2c(C)cn3c(C4CCOCC4)ncc3c2=O)cc1. The lowest BCUT2D eigenvalue weighted by Crippen LogP contribution is -2.25. The zero-order valence-corrected chi connectivity index (χ0v) is 14.7. The molecule has 4 rings (SSSR count). The standard InChI is InChI=1S/C20H23N3O2/c1-14-3-5-16(6-4-14)13-22-15(2)12-23-18(20(22)24)11-21-19(23)17-7-9-25-10-8-17/h3-6,11-12,17H,7-10,13H2,1-2H3. The van der Waals surface area contributed by atoms with Crippen LogP contribution in [0.25, 0.3) is 5.52 Å². The van der Waals surface area contributed by atoms with Gasteiger partial charge in [0.15, 0.2) is 0 Å². The van der Waals surface area contributed by atoms with Crippen LogP contribution in [0.1, 0.15) is 41.4 Å². The summed E-state index contributed by atoms with van der Waals surface area (Å²) in [6.45, 7) is 6.17. The molecule has 0 radical (unpaired) electrons. The highest BCUT2D eigenvalue weighted by Crippen LogP contribution is 2.26. The fourth-order valence-corrected chi connectivity index (χ4v) is 3.55. The number of rotatable bonds is 3. The molecule has 2 aromatic heterocycles. The van der Waals surface area contributed by atoms with Gasteiger partial charge in [0.2, 0.25) is 0 Å².